The Bertz CT molecular complexity index is 717. The minimum absolute atomic E-state index is 0.0157. The number of fused-ring (bicyclic) bond motifs is 1. The van der Waals surface area contributed by atoms with Crippen molar-refractivity contribution >= 4 is 52.6 Å². The van der Waals surface area contributed by atoms with Gasteiger partial charge in [-0.05, 0) is 43.2 Å². The van der Waals surface area contributed by atoms with Crippen molar-refractivity contribution in [1.82, 2.24) is 5.32 Å². The molecule has 0 radical (unpaired) electrons. The molecule has 1 aliphatic rings. The number of carboxylic acids is 1. The lowest BCUT2D eigenvalue weighted by atomic mass is 9.86. The summed E-state index contributed by atoms with van der Waals surface area (Å²) in [5.74, 6) is -1.42. The van der Waals surface area contributed by atoms with Crippen LogP contribution in [0.1, 0.15) is 47.2 Å². The van der Waals surface area contributed by atoms with Crippen LogP contribution in [0, 0.1) is 0 Å². The van der Waals surface area contributed by atoms with Crippen molar-refractivity contribution in [2.75, 3.05) is 6.61 Å². The van der Waals surface area contributed by atoms with Gasteiger partial charge in [-0.2, -0.15) is 0 Å². The molecule has 0 fully saturated rings. The summed E-state index contributed by atoms with van der Waals surface area (Å²) >= 11 is 16.4. The molecule has 148 valence electrons. The number of carbonyl (C=O) groups is 3. The SMILES string of the molecule is O=C(NC(CCC(=O)c1cccc2c1CCCC2)C(=O)O)OCC(Cl)(Cl)Cl. The number of carbonyl (C=O) groups excluding carboxylic acids is 2. The molecule has 0 bridgehead atoms. The number of hydrogen-bond acceptors (Lipinski definition) is 4. The summed E-state index contributed by atoms with van der Waals surface area (Å²) in [5.41, 5.74) is 2.86. The second-order valence-corrected chi connectivity index (χ2v) is 8.85. The average molecular weight is 437 g/mol. The molecule has 2 rings (SSSR count). The van der Waals surface area contributed by atoms with E-state index >= 15 is 0 Å². The minimum atomic E-state index is -1.79. The minimum Gasteiger partial charge on any atom is -0.480 e. The fourth-order valence-electron chi connectivity index (χ4n) is 3.04. The molecule has 27 heavy (non-hydrogen) atoms. The van der Waals surface area contributed by atoms with Crippen LogP contribution in [-0.2, 0) is 22.4 Å². The molecule has 1 amide bonds. The Morgan fingerprint density at radius 3 is 2.56 bits per heavy atom. The predicted octanol–water partition coefficient (Wildman–Crippen LogP) is 4.08. The van der Waals surface area contributed by atoms with Crippen molar-refractivity contribution in [3.8, 4) is 0 Å². The number of ketones is 1. The second kappa shape index (κ2) is 9.62. The van der Waals surface area contributed by atoms with Crippen molar-refractivity contribution in [3.05, 3.63) is 34.9 Å². The first-order valence-corrected chi connectivity index (χ1v) is 9.67. The van der Waals surface area contributed by atoms with Gasteiger partial charge in [0.2, 0.25) is 3.79 Å². The summed E-state index contributed by atoms with van der Waals surface area (Å²) in [4.78, 5) is 35.6. The van der Waals surface area contributed by atoms with Crippen molar-refractivity contribution in [2.45, 2.75) is 48.4 Å². The summed E-state index contributed by atoms with van der Waals surface area (Å²) in [6.07, 6.45) is 2.82. The van der Waals surface area contributed by atoms with Crippen LogP contribution in [0.3, 0.4) is 0 Å². The molecule has 0 aromatic heterocycles. The standard InChI is InChI=1S/C18H20Cl3NO5/c19-18(20,21)10-27-17(26)22-14(16(24)25)8-9-15(23)13-7-3-5-11-4-1-2-6-12(11)13/h3,5,7,14H,1-2,4,6,8-10H2,(H,22,26)(H,24,25). The Kier molecular flexibility index (Phi) is 7.77. The van der Waals surface area contributed by atoms with Crippen LogP contribution in [-0.4, -0.2) is 39.4 Å². The van der Waals surface area contributed by atoms with Crippen molar-refractivity contribution in [3.63, 3.8) is 0 Å². The molecule has 0 saturated carbocycles. The van der Waals surface area contributed by atoms with Crippen LogP contribution >= 0.6 is 34.8 Å². The van der Waals surface area contributed by atoms with Gasteiger partial charge in [0.25, 0.3) is 0 Å². The first-order chi connectivity index (χ1) is 12.7. The number of carboxylic acid groups (broad SMARTS) is 1. The Balaban J connectivity index is 1.95. The number of aryl methyl sites for hydroxylation is 1. The van der Waals surface area contributed by atoms with E-state index in [-0.39, 0.29) is 18.6 Å². The Morgan fingerprint density at radius 2 is 1.89 bits per heavy atom. The lowest BCUT2D eigenvalue weighted by molar-refractivity contribution is -0.139. The van der Waals surface area contributed by atoms with E-state index in [0.29, 0.717) is 5.56 Å². The highest BCUT2D eigenvalue weighted by Gasteiger charge is 2.26. The molecule has 0 heterocycles. The van der Waals surface area contributed by atoms with Crippen LogP contribution in [0.25, 0.3) is 0 Å². The molecular formula is C18H20Cl3NO5. The van der Waals surface area contributed by atoms with Gasteiger partial charge in [-0.1, -0.05) is 53.0 Å². The Labute approximate surface area is 172 Å². The number of ether oxygens (including phenoxy) is 1. The lowest BCUT2D eigenvalue weighted by Crippen LogP contribution is -2.42. The van der Waals surface area contributed by atoms with E-state index in [1.165, 1.54) is 5.56 Å². The first-order valence-electron chi connectivity index (χ1n) is 8.54. The van der Waals surface area contributed by atoms with E-state index in [9.17, 15) is 19.5 Å². The van der Waals surface area contributed by atoms with Gasteiger partial charge in [0.15, 0.2) is 5.78 Å². The summed E-state index contributed by atoms with van der Waals surface area (Å²) in [6.45, 7) is -0.523. The van der Waals surface area contributed by atoms with Gasteiger partial charge in [0.1, 0.15) is 12.6 Å². The van der Waals surface area contributed by atoms with Gasteiger partial charge >= 0.3 is 12.1 Å². The fraction of sp³-hybridized carbons (Fsp3) is 0.500. The van der Waals surface area contributed by atoms with Gasteiger partial charge in [-0.15, -0.1) is 0 Å². The number of halogens is 3. The van der Waals surface area contributed by atoms with Crippen molar-refractivity contribution < 1.29 is 24.2 Å². The molecule has 0 spiro atoms. The quantitative estimate of drug-likeness (QED) is 0.496. The topological polar surface area (TPSA) is 92.7 Å². The number of alkyl carbamates (subject to hydrolysis) is 1. The lowest BCUT2D eigenvalue weighted by Gasteiger charge is -2.19. The van der Waals surface area contributed by atoms with Gasteiger partial charge in [-0.25, -0.2) is 9.59 Å². The molecule has 1 aromatic carbocycles. The summed E-state index contributed by atoms with van der Waals surface area (Å²) < 4.78 is 2.87. The van der Waals surface area contributed by atoms with Gasteiger partial charge in [0, 0.05) is 12.0 Å². The molecule has 1 aromatic rings. The third kappa shape index (κ3) is 6.87. The van der Waals surface area contributed by atoms with Gasteiger partial charge in [-0.3, -0.25) is 4.79 Å². The molecule has 2 N–H and O–H groups in total. The predicted molar refractivity (Wildman–Crippen MR) is 103 cm³/mol. The maximum Gasteiger partial charge on any atom is 0.407 e. The Hall–Kier alpha value is -1.50. The van der Waals surface area contributed by atoms with Crippen LogP contribution in [0.4, 0.5) is 4.79 Å². The van der Waals surface area contributed by atoms with E-state index in [1.807, 2.05) is 12.1 Å². The fourth-order valence-corrected chi connectivity index (χ4v) is 3.21. The second-order valence-electron chi connectivity index (χ2n) is 6.34. The maximum atomic E-state index is 12.6. The number of hydrogen-bond donors (Lipinski definition) is 2. The van der Waals surface area contributed by atoms with Crippen LogP contribution in [0.2, 0.25) is 0 Å². The first kappa shape index (κ1) is 21.8. The number of Topliss-reactive ketones (excluding diaryl/α,β-unsaturated/α-hetero) is 1. The number of alkyl halides is 3. The molecule has 1 atom stereocenters. The van der Waals surface area contributed by atoms with E-state index < -0.39 is 28.5 Å². The van der Waals surface area contributed by atoms with Gasteiger partial charge in [0.05, 0.1) is 0 Å². The highest BCUT2D eigenvalue weighted by molar-refractivity contribution is 6.67. The number of amides is 1. The summed E-state index contributed by atoms with van der Waals surface area (Å²) in [5, 5.41) is 11.4. The summed E-state index contributed by atoms with van der Waals surface area (Å²) in [6, 6.07) is 4.35. The van der Waals surface area contributed by atoms with Crippen LogP contribution in [0.5, 0.6) is 0 Å². The van der Waals surface area contributed by atoms with E-state index in [0.717, 1.165) is 31.2 Å². The molecule has 0 aliphatic heterocycles. The average Bonchev–Trinajstić information content (AvgIpc) is 2.61. The normalized spacial score (nSPS) is 14.8. The number of rotatable bonds is 7. The third-order valence-corrected chi connectivity index (χ3v) is 4.64. The Morgan fingerprint density at radius 1 is 1.19 bits per heavy atom. The van der Waals surface area contributed by atoms with Crippen molar-refractivity contribution in [2.24, 2.45) is 0 Å². The van der Waals surface area contributed by atoms with Crippen LogP contribution in [0.15, 0.2) is 18.2 Å². The van der Waals surface area contributed by atoms with Crippen molar-refractivity contribution in [1.29, 1.82) is 0 Å². The molecule has 1 aliphatic carbocycles. The zero-order chi connectivity index (χ0) is 20.0. The van der Waals surface area contributed by atoms with Gasteiger partial charge < -0.3 is 15.2 Å². The molecule has 9 heteroatoms. The zero-order valence-electron chi connectivity index (χ0n) is 14.5. The summed E-state index contributed by atoms with van der Waals surface area (Å²) in [7, 11) is 0. The van der Waals surface area contributed by atoms with E-state index in [1.54, 1.807) is 6.07 Å². The third-order valence-electron chi connectivity index (χ3n) is 4.31. The highest BCUT2D eigenvalue weighted by Crippen LogP contribution is 2.26. The highest BCUT2D eigenvalue weighted by atomic mass is 35.6. The number of aliphatic carboxylic acids is 1. The molecular weight excluding hydrogens is 417 g/mol. The maximum absolute atomic E-state index is 12.6. The monoisotopic (exact) mass is 435 g/mol. The van der Waals surface area contributed by atoms with E-state index in [4.69, 9.17) is 34.8 Å². The number of nitrogens with one attached hydrogen (secondary N) is 1. The molecule has 6 nitrogen and oxygen atoms in total. The molecule has 0 saturated heterocycles. The largest absolute Gasteiger partial charge is 0.480 e. The zero-order valence-corrected chi connectivity index (χ0v) is 16.7. The van der Waals surface area contributed by atoms with Crippen LogP contribution < -0.4 is 5.32 Å². The van der Waals surface area contributed by atoms with E-state index in [2.05, 4.69) is 10.1 Å². The number of benzene rings is 1. The smallest absolute Gasteiger partial charge is 0.407 e. The molecule has 1 unspecified atom stereocenters.